The Kier molecular flexibility index (Phi) is 5.30. The molecule has 0 atom stereocenters. The number of amides is 1. The van der Waals surface area contributed by atoms with E-state index in [2.05, 4.69) is 14.9 Å². The minimum atomic E-state index is -3.67. The molecular weight excluding hydrogens is 396 g/mol. The SMILES string of the molecule is CCc1nc(CN2C(=O)COc3cc(S(=O)(=O)NC4CCCC4)c(C)cc32)no1. The molecule has 29 heavy (non-hydrogen) atoms. The summed E-state index contributed by atoms with van der Waals surface area (Å²) in [5.41, 5.74) is 1.04. The summed E-state index contributed by atoms with van der Waals surface area (Å²) < 4.78 is 39.2. The van der Waals surface area contributed by atoms with Crippen LogP contribution in [-0.4, -0.2) is 37.1 Å². The molecule has 2 aliphatic rings. The van der Waals surface area contributed by atoms with E-state index >= 15 is 0 Å². The zero-order valence-electron chi connectivity index (χ0n) is 16.5. The molecule has 2 aromatic rings. The molecule has 1 aromatic heterocycles. The number of hydrogen-bond acceptors (Lipinski definition) is 7. The predicted molar refractivity (Wildman–Crippen MR) is 104 cm³/mol. The number of ether oxygens (including phenoxy) is 1. The van der Waals surface area contributed by atoms with E-state index in [1.807, 2.05) is 6.92 Å². The monoisotopic (exact) mass is 420 g/mol. The average molecular weight is 420 g/mol. The quantitative estimate of drug-likeness (QED) is 0.761. The van der Waals surface area contributed by atoms with E-state index in [1.165, 1.54) is 11.0 Å². The second-order valence-corrected chi connectivity index (χ2v) is 9.10. The number of aryl methyl sites for hydroxylation is 2. The van der Waals surface area contributed by atoms with Gasteiger partial charge in [0.25, 0.3) is 5.91 Å². The first kappa shape index (κ1) is 19.8. The second kappa shape index (κ2) is 7.75. The van der Waals surface area contributed by atoms with Crippen LogP contribution in [-0.2, 0) is 27.8 Å². The Balaban J connectivity index is 1.64. The highest BCUT2D eigenvalue weighted by atomic mass is 32.2. The third-order valence-electron chi connectivity index (χ3n) is 5.28. The molecule has 1 N–H and O–H groups in total. The Bertz CT molecular complexity index is 1030. The predicted octanol–water partition coefficient (Wildman–Crippen LogP) is 2.09. The number of fused-ring (bicyclic) bond motifs is 1. The average Bonchev–Trinajstić information content (AvgIpc) is 3.35. The molecule has 1 saturated carbocycles. The molecule has 4 rings (SSSR count). The first-order valence-corrected chi connectivity index (χ1v) is 11.3. The van der Waals surface area contributed by atoms with Gasteiger partial charge in [0.1, 0.15) is 5.75 Å². The topological polar surface area (TPSA) is 115 Å². The Hall–Kier alpha value is -2.46. The van der Waals surface area contributed by atoms with Crippen molar-refractivity contribution >= 4 is 21.6 Å². The first-order valence-electron chi connectivity index (χ1n) is 9.79. The maximum atomic E-state index is 12.9. The molecule has 9 nitrogen and oxygen atoms in total. The van der Waals surface area contributed by atoms with Gasteiger partial charge in [0.05, 0.1) is 17.1 Å². The molecule has 1 aromatic carbocycles. The lowest BCUT2D eigenvalue weighted by molar-refractivity contribution is -0.121. The second-order valence-electron chi connectivity index (χ2n) is 7.41. The van der Waals surface area contributed by atoms with Gasteiger partial charge in [-0.05, 0) is 31.4 Å². The van der Waals surface area contributed by atoms with E-state index in [1.54, 1.807) is 13.0 Å². The van der Waals surface area contributed by atoms with Crippen LogP contribution in [0.2, 0.25) is 0 Å². The first-order chi connectivity index (χ1) is 13.9. The summed E-state index contributed by atoms with van der Waals surface area (Å²) in [6.07, 6.45) is 4.38. The number of sulfonamides is 1. The van der Waals surface area contributed by atoms with Crippen LogP contribution in [0.1, 0.15) is 49.9 Å². The molecular formula is C19H24N4O5S. The summed E-state index contributed by atoms with van der Waals surface area (Å²) >= 11 is 0. The molecule has 0 bridgehead atoms. The Morgan fingerprint density at radius 1 is 1.28 bits per heavy atom. The van der Waals surface area contributed by atoms with Crippen LogP contribution < -0.4 is 14.4 Å². The lowest BCUT2D eigenvalue weighted by Crippen LogP contribution is -2.39. The Morgan fingerprint density at radius 2 is 2.03 bits per heavy atom. The Morgan fingerprint density at radius 3 is 2.72 bits per heavy atom. The number of hydrogen-bond donors (Lipinski definition) is 1. The lowest BCUT2D eigenvalue weighted by atomic mass is 10.1. The van der Waals surface area contributed by atoms with Gasteiger partial charge in [-0.15, -0.1) is 0 Å². The number of carbonyl (C=O) groups excluding carboxylic acids is 1. The molecule has 1 amide bonds. The summed E-state index contributed by atoms with van der Waals surface area (Å²) in [4.78, 5) is 18.4. The Labute approximate surface area is 169 Å². The van der Waals surface area contributed by atoms with E-state index in [0.29, 0.717) is 35.1 Å². The van der Waals surface area contributed by atoms with Crippen molar-refractivity contribution < 1.29 is 22.5 Å². The van der Waals surface area contributed by atoms with Gasteiger partial charge in [-0.2, -0.15) is 4.98 Å². The van der Waals surface area contributed by atoms with Crippen molar-refractivity contribution in [3.05, 3.63) is 29.4 Å². The molecule has 0 saturated heterocycles. The lowest BCUT2D eigenvalue weighted by Gasteiger charge is -2.29. The van der Waals surface area contributed by atoms with Crippen molar-refractivity contribution in [2.24, 2.45) is 0 Å². The maximum absolute atomic E-state index is 12.9. The molecule has 0 spiro atoms. The summed E-state index contributed by atoms with van der Waals surface area (Å²) in [5.74, 6) is 0.984. The van der Waals surface area contributed by atoms with Crippen molar-refractivity contribution in [3.8, 4) is 5.75 Å². The molecule has 10 heteroatoms. The van der Waals surface area contributed by atoms with E-state index < -0.39 is 10.0 Å². The molecule has 2 heterocycles. The molecule has 156 valence electrons. The third kappa shape index (κ3) is 3.99. The normalized spacial score (nSPS) is 17.4. The van der Waals surface area contributed by atoms with Crippen LogP contribution in [0.25, 0.3) is 0 Å². The highest BCUT2D eigenvalue weighted by molar-refractivity contribution is 7.89. The largest absolute Gasteiger partial charge is 0.482 e. The van der Waals surface area contributed by atoms with Crippen molar-refractivity contribution in [2.45, 2.75) is 63.4 Å². The number of nitrogens with one attached hydrogen (secondary N) is 1. The van der Waals surface area contributed by atoms with Crippen LogP contribution in [0.4, 0.5) is 5.69 Å². The fourth-order valence-corrected chi connectivity index (χ4v) is 5.31. The fraction of sp³-hybridized carbons (Fsp3) is 0.526. The summed E-state index contributed by atoms with van der Waals surface area (Å²) in [7, 11) is -3.67. The maximum Gasteiger partial charge on any atom is 0.265 e. The van der Waals surface area contributed by atoms with Gasteiger partial charge >= 0.3 is 0 Å². The van der Waals surface area contributed by atoms with Crippen molar-refractivity contribution in [1.82, 2.24) is 14.9 Å². The minimum absolute atomic E-state index is 0.0274. The number of carbonyl (C=O) groups is 1. The molecule has 0 unspecified atom stereocenters. The van der Waals surface area contributed by atoms with Crippen LogP contribution in [0.3, 0.4) is 0 Å². The fourth-order valence-electron chi connectivity index (χ4n) is 3.76. The van der Waals surface area contributed by atoms with Gasteiger partial charge < -0.3 is 9.26 Å². The van der Waals surface area contributed by atoms with Gasteiger partial charge in [0.2, 0.25) is 15.9 Å². The van der Waals surface area contributed by atoms with Crippen molar-refractivity contribution in [1.29, 1.82) is 0 Å². The molecule has 1 aliphatic heterocycles. The molecule has 1 fully saturated rings. The van der Waals surface area contributed by atoms with Crippen LogP contribution in [0.5, 0.6) is 5.75 Å². The van der Waals surface area contributed by atoms with Gasteiger partial charge in [0, 0.05) is 18.5 Å². The third-order valence-corrected chi connectivity index (χ3v) is 6.94. The number of rotatable bonds is 6. The number of nitrogens with zero attached hydrogens (tertiary/aromatic N) is 3. The van der Waals surface area contributed by atoms with E-state index in [-0.39, 0.29) is 30.0 Å². The van der Waals surface area contributed by atoms with Crippen LogP contribution >= 0.6 is 0 Å². The van der Waals surface area contributed by atoms with Gasteiger partial charge in [-0.1, -0.05) is 24.9 Å². The zero-order chi connectivity index (χ0) is 20.6. The molecule has 1 aliphatic carbocycles. The van der Waals surface area contributed by atoms with Crippen LogP contribution in [0.15, 0.2) is 21.6 Å². The van der Waals surface area contributed by atoms with Crippen molar-refractivity contribution in [3.63, 3.8) is 0 Å². The van der Waals surface area contributed by atoms with Gasteiger partial charge in [0.15, 0.2) is 12.4 Å². The molecule has 0 radical (unpaired) electrons. The number of aromatic nitrogens is 2. The summed E-state index contributed by atoms with van der Waals surface area (Å²) in [5, 5.41) is 3.90. The minimum Gasteiger partial charge on any atom is -0.482 e. The van der Waals surface area contributed by atoms with E-state index in [9.17, 15) is 13.2 Å². The van der Waals surface area contributed by atoms with Gasteiger partial charge in [-0.3, -0.25) is 9.69 Å². The smallest absolute Gasteiger partial charge is 0.265 e. The van der Waals surface area contributed by atoms with Crippen LogP contribution in [0, 0.1) is 6.92 Å². The van der Waals surface area contributed by atoms with Crippen molar-refractivity contribution in [2.75, 3.05) is 11.5 Å². The highest BCUT2D eigenvalue weighted by Gasteiger charge is 2.31. The standard InChI is InChI=1S/C19H24N4O5S/c1-3-18-20-17(21-28-18)10-23-14-8-12(2)16(9-15(14)27-11-19(23)24)29(25,26)22-13-6-4-5-7-13/h8-9,13,22H,3-7,10-11H2,1-2H3. The van der Waals surface area contributed by atoms with Gasteiger partial charge in [-0.25, -0.2) is 13.1 Å². The zero-order valence-corrected chi connectivity index (χ0v) is 17.3. The highest BCUT2D eigenvalue weighted by Crippen LogP contribution is 2.37. The number of benzene rings is 1. The number of anilines is 1. The summed E-state index contributed by atoms with van der Waals surface area (Å²) in [6, 6.07) is 3.13. The van der Waals surface area contributed by atoms with E-state index in [0.717, 1.165) is 25.7 Å². The van der Waals surface area contributed by atoms with E-state index in [4.69, 9.17) is 9.26 Å². The summed E-state index contributed by atoms with van der Waals surface area (Å²) in [6.45, 7) is 3.57.